The Labute approximate surface area is 110 Å². The van der Waals surface area contributed by atoms with Crippen molar-refractivity contribution >= 4 is 17.9 Å². The van der Waals surface area contributed by atoms with Crippen LogP contribution in [-0.2, 0) is 14.3 Å². The third-order valence-corrected chi connectivity index (χ3v) is 2.76. The normalized spacial score (nSPS) is 18.6. The highest BCUT2D eigenvalue weighted by molar-refractivity contribution is 5.85. The van der Waals surface area contributed by atoms with Crippen molar-refractivity contribution < 1.29 is 24.2 Å². The van der Waals surface area contributed by atoms with Gasteiger partial charge in [-0.1, -0.05) is 0 Å². The van der Waals surface area contributed by atoms with Gasteiger partial charge in [0.15, 0.2) is 0 Å². The fraction of sp³-hybridized carbons (Fsp3) is 0.727. The second kappa shape index (κ2) is 7.57. The summed E-state index contributed by atoms with van der Waals surface area (Å²) in [6.45, 7) is 0.731. The lowest BCUT2D eigenvalue weighted by molar-refractivity contribution is -0.137. The average molecular weight is 273 g/mol. The number of hydrogen-bond donors (Lipinski definition) is 3. The van der Waals surface area contributed by atoms with Gasteiger partial charge in [0.1, 0.15) is 13.1 Å². The van der Waals surface area contributed by atoms with Gasteiger partial charge in [-0.25, -0.2) is 4.79 Å². The maximum Gasteiger partial charge on any atom is 0.323 e. The van der Waals surface area contributed by atoms with Gasteiger partial charge in [-0.2, -0.15) is 0 Å². The van der Waals surface area contributed by atoms with Crippen molar-refractivity contribution in [2.24, 2.45) is 11.7 Å². The highest BCUT2D eigenvalue weighted by Gasteiger charge is 2.20. The summed E-state index contributed by atoms with van der Waals surface area (Å²) in [5, 5.41) is 11.3. The van der Waals surface area contributed by atoms with Crippen LogP contribution in [0.3, 0.4) is 0 Å². The maximum absolute atomic E-state index is 11.8. The first kappa shape index (κ1) is 15.2. The molecule has 19 heavy (non-hydrogen) atoms. The number of ether oxygens (including phenoxy) is 1. The van der Waals surface area contributed by atoms with E-state index in [9.17, 15) is 14.4 Å². The monoisotopic (exact) mass is 273 g/mol. The van der Waals surface area contributed by atoms with Crippen LogP contribution in [-0.4, -0.2) is 60.8 Å². The predicted molar refractivity (Wildman–Crippen MR) is 65.3 cm³/mol. The van der Waals surface area contributed by atoms with E-state index >= 15 is 0 Å². The van der Waals surface area contributed by atoms with E-state index in [2.05, 4.69) is 5.32 Å². The number of aliphatic carboxylic acids is 1. The lowest BCUT2D eigenvalue weighted by Crippen LogP contribution is -2.48. The smallest absolute Gasteiger partial charge is 0.323 e. The summed E-state index contributed by atoms with van der Waals surface area (Å²) in [7, 11) is 0. The number of carboxylic acids is 1. The Balaban J connectivity index is 2.41. The molecule has 1 fully saturated rings. The first-order valence-electron chi connectivity index (χ1n) is 6.09. The largest absolute Gasteiger partial charge is 0.480 e. The van der Waals surface area contributed by atoms with Crippen molar-refractivity contribution in [3.63, 3.8) is 0 Å². The van der Waals surface area contributed by atoms with Gasteiger partial charge in [0, 0.05) is 13.2 Å². The molecule has 1 atom stereocenters. The number of nitrogens with one attached hydrogen (secondary N) is 1. The van der Waals surface area contributed by atoms with Crippen LogP contribution in [0, 0.1) is 5.92 Å². The van der Waals surface area contributed by atoms with Crippen LogP contribution in [0.15, 0.2) is 0 Å². The lowest BCUT2D eigenvalue weighted by atomic mass is 10.0. The van der Waals surface area contributed by atoms with Crippen LogP contribution in [0.2, 0.25) is 0 Å². The number of primary amides is 1. The number of nitrogens with zero attached hydrogens (tertiary/aromatic N) is 1. The Hall–Kier alpha value is -1.83. The van der Waals surface area contributed by atoms with Crippen molar-refractivity contribution in [1.82, 2.24) is 10.2 Å². The summed E-state index contributed by atoms with van der Waals surface area (Å²) in [5.41, 5.74) is 4.97. The number of amides is 3. The lowest BCUT2D eigenvalue weighted by Gasteiger charge is -2.24. The van der Waals surface area contributed by atoms with E-state index in [1.54, 1.807) is 0 Å². The summed E-state index contributed by atoms with van der Waals surface area (Å²) in [6.07, 6.45) is 1.90. The molecule has 4 N–H and O–H groups in total. The van der Waals surface area contributed by atoms with Crippen LogP contribution >= 0.6 is 0 Å². The molecule has 0 aromatic carbocycles. The van der Waals surface area contributed by atoms with Crippen molar-refractivity contribution in [3.8, 4) is 0 Å². The van der Waals surface area contributed by atoms with Crippen LogP contribution in [0.25, 0.3) is 0 Å². The molecule has 0 aromatic heterocycles. The van der Waals surface area contributed by atoms with E-state index in [1.807, 2.05) is 0 Å². The maximum atomic E-state index is 11.8. The molecule has 0 radical (unpaired) electrons. The zero-order chi connectivity index (χ0) is 14.3. The minimum Gasteiger partial charge on any atom is -0.480 e. The topological polar surface area (TPSA) is 122 Å². The standard InChI is InChI=1S/C11H19N3O5/c12-9(15)5-14(6-10(16)17)11(18)13-4-8-2-1-3-19-7-8/h8H,1-7H2,(H2,12,15)(H,13,18)(H,16,17). The SMILES string of the molecule is NC(=O)CN(CC(=O)O)C(=O)NCC1CCCOC1. The Morgan fingerprint density at radius 2 is 2.11 bits per heavy atom. The van der Waals surface area contributed by atoms with Crippen molar-refractivity contribution in [1.29, 1.82) is 0 Å². The van der Waals surface area contributed by atoms with Crippen LogP contribution in [0.5, 0.6) is 0 Å². The molecule has 0 spiro atoms. The molecule has 1 heterocycles. The summed E-state index contributed by atoms with van der Waals surface area (Å²) >= 11 is 0. The zero-order valence-corrected chi connectivity index (χ0v) is 10.6. The molecule has 3 amide bonds. The first-order valence-corrected chi connectivity index (χ1v) is 6.09. The Kier molecular flexibility index (Phi) is 6.07. The van der Waals surface area contributed by atoms with E-state index in [-0.39, 0.29) is 5.92 Å². The van der Waals surface area contributed by atoms with E-state index in [1.165, 1.54) is 0 Å². The summed E-state index contributed by atoms with van der Waals surface area (Å²) in [6, 6.07) is -0.605. The van der Waals surface area contributed by atoms with E-state index in [0.29, 0.717) is 13.2 Å². The molecule has 0 aromatic rings. The predicted octanol–water partition coefficient (Wildman–Crippen LogP) is -1.01. The molecule has 1 saturated heterocycles. The van der Waals surface area contributed by atoms with Gasteiger partial charge in [0.25, 0.3) is 0 Å². The molecule has 8 heteroatoms. The quantitative estimate of drug-likeness (QED) is 0.572. The number of urea groups is 1. The number of hydrogen-bond acceptors (Lipinski definition) is 4. The van der Waals surface area contributed by atoms with Crippen molar-refractivity contribution in [2.45, 2.75) is 12.8 Å². The molecular formula is C11H19N3O5. The highest BCUT2D eigenvalue weighted by atomic mass is 16.5. The van der Waals surface area contributed by atoms with Gasteiger partial charge in [-0.3, -0.25) is 9.59 Å². The molecule has 108 valence electrons. The molecular weight excluding hydrogens is 254 g/mol. The molecule has 1 rings (SSSR count). The van der Waals surface area contributed by atoms with E-state index in [4.69, 9.17) is 15.6 Å². The van der Waals surface area contributed by atoms with Gasteiger partial charge in [0.2, 0.25) is 5.91 Å². The van der Waals surface area contributed by atoms with Gasteiger partial charge >= 0.3 is 12.0 Å². The third-order valence-electron chi connectivity index (χ3n) is 2.76. The minimum absolute atomic E-state index is 0.220. The van der Waals surface area contributed by atoms with Gasteiger partial charge in [-0.05, 0) is 18.8 Å². The Bertz CT molecular complexity index is 325. The van der Waals surface area contributed by atoms with Crippen molar-refractivity contribution in [3.05, 3.63) is 0 Å². The minimum atomic E-state index is -1.20. The second-order valence-corrected chi connectivity index (χ2v) is 4.49. The van der Waals surface area contributed by atoms with E-state index in [0.717, 1.165) is 24.3 Å². The van der Waals surface area contributed by atoms with Gasteiger partial charge in [-0.15, -0.1) is 0 Å². The fourth-order valence-electron chi connectivity index (χ4n) is 1.86. The highest BCUT2D eigenvalue weighted by Crippen LogP contribution is 2.12. The first-order chi connectivity index (χ1) is 8.99. The molecule has 1 aliphatic rings. The van der Waals surface area contributed by atoms with Crippen LogP contribution < -0.4 is 11.1 Å². The molecule has 1 aliphatic heterocycles. The Morgan fingerprint density at radius 3 is 2.63 bits per heavy atom. The second-order valence-electron chi connectivity index (χ2n) is 4.49. The summed E-state index contributed by atoms with van der Waals surface area (Å²) in [5.74, 6) is -1.73. The molecule has 0 bridgehead atoms. The average Bonchev–Trinajstić information content (AvgIpc) is 2.35. The molecule has 1 unspecified atom stereocenters. The fourth-order valence-corrected chi connectivity index (χ4v) is 1.86. The number of carboxylic acid groups (broad SMARTS) is 1. The summed E-state index contributed by atoms with van der Waals surface area (Å²) < 4.78 is 5.27. The number of carbonyl (C=O) groups excluding carboxylic acids is 2. The molecule has 8 nitrogen and oxygen atoms in total. The van der Waals surface area contributed by atoms with Crippen LogP contribution in [0.4, 0.5) is 4.79 Å². The van der Waals surface area contributed by atoms with Gasteiger partial charge in [0.05, 0.1) is 6.61 Å². The van der Waals surface area contributed by atoms with Gasteiger partial charge < -0.3 is 25.8 Å². The third kappa shape index (κ3) is 6.05. The molecule has 0 saturated carbocycles. The van der Waals surface area contributed by atoms with E-state index < -0.39 is 31.0 Å². The molecule has 0 aliphatic carbocycles. The number of carbonyl (C=O) groups is 3. The summed E-state index contributed by atoms with van der Waals surface area (Å²) in [4.78, 5) is 34.0. The number of rotatable bonds is 6. The Morgan fingerprint density at radius 1 is 1.37 bits per heavy atom. The van der Waals surface area contributed by atoms with Crippen LogP contribution in [0.1, 0.15) is 12.8 Å². The zero-order valence-electron chi connectivity index (χ0n) is 10.6. The number of nitrogens with two attached hydrogens (primary N) is 1. The van der Waals surface area contributed by atoms with Crippen molar-refractivity contribution in [2.75, 3.05) is 32.8 Å².